The summed E-state index contributed by atoms with van der Waals surface area (Å²) < 4.78 is 13.2. The van der Waals surface area contributed by atoms with E-state index in [2.05, 4.69) is 46.3 Å². The fraction of sp³-hybridized carbons (Fsp3) is 0.350. The molecule has 25 heavy (non-hydrogen) atoms. The fourth-order valence-electron chi connectivity index (χ4n) is 3.03. The molecule has 0 aromatic heterocycles. The van der Waals surface area contributed by atoms with Gasteiger partial charge in [-0.25, -0.2) is 4.39 Å². The van der Waals surface area contributed by atoms with Crippen molar-refractivity contribution in [3.63, 3.8) is 0 Å². The minimum absolute atomic E-state index is 0.0995. The van der Waals surface area contributed by atoms with Gasteiger partial charge >= 0.3 is 0 Å². The minimum atomic E-state index is -0.345. The summed E-state index contributed by atoms with van der Waals surface area (Å²) >= 11 is 0. The highest BCUT2D eigenvalue weighted by Gasteiger charge is 2.19. The lowest BCUT2D eigenvalue weighted by atomic mass is 10.1. The Morgan fingerprint density at radius 3 is 2.40 bits per heavy atom. The van der Waals surface area contributed by atoms with E-state index in [0.29, 0.717) is 12.2 Å². The van der Waals surface area contributed by atoms with E-state index in [0.717, 1.165) is 32.7 Å². The number of nitrogens with one attached hydrogen (secondary N) is 1. The molecule has 0 unspecified atom stereocenters. The average molecular weight is 341 g/mol. The van der Waals surface area contributed by atoms with E-state index < -0.39 is 0 Å². The highest BCUT2D eigenvalue weighted by atomic mass is 19.1. The second kappa shape index (κ2) is 8.23. The van der Waals surface area contributed by atoms with E-state index in [1.54, 1.807) is 12.1 Å². The number of nitrogens with zero attached hydrogens (tertiary/aromatic N) is 2. The van der Waals surface area contributed by atoms with Crippen LogP contribution in [-0.2, 0) is 11.3 Å². The highest BCUT2D eigenvalue weighted by Crippen LogP contribution is 2.11. The standard InChI is InChI=1S/C20H24FN3O/c1-16-5-7-17(8-6-16)14-23-9-11-24(12-10-23)15-20(25)22-19-4-2-3-18(21)13-19/h2-8,13H,9-12,14-15H2,1H3,(H,22,25). The molecule has 1 N–H and O–H groups in total. The molecule has 2 aromatic carbocycles. The van der Waals surface area contributed by atoms with E-state index in [1.807, 2.05) is 0 Å². The number of amides is 1. The highest BCUT2D eigenvalue weighted by molar-refractivity contribution is 5.92. The quantitative estimate of drug-likeness (QED) is 0.908. The molecule has 1 heterocycles. The van der Waals surface area contributed by atoms with Crippen molar-refractivity contribution in [1.82, 2.24) is 9.80 Å². The van der Waals surface area contributed by atoms with Crippen LogP contribution in [-0.4, -0.2) is 48.4 Å². The van der Waals surface area contributed by atoms with Gasteiger partial charge in [0, 0.05) is 38.4 Å². The second-order valence-electron chi connectivity index (χ2n) is 6.60. The summed E-state index contributed by atoms with van der Waals surface area (Å²) in [6, 6.07) is 14.6. The molecule has 4 nitrogen and oxygen atoms in total. The summed E-state index contributed by atoms with van der Waals surface area (Å²) in [5.41, 5.74) is 3.10. The molecule has 1 amide bonds. The number of piperazine rings is 1. The van der Waals surface area contributed by atoms with Gasteiger partial charge in [0.25, 0.3) is 0 Å². The van der Waals surface area contributed by atoms with E-state index in [4.69, 9.17) is 0 Å². The van der Waals surface area contributed by atoms with Crippen molar-refractivity contribution >= 4 is 11.6 Å². The summed E-state index contributed by atoms with van der Waals surface area (Å²) in [7, 11) is 0. The average Bonchev–Trinajstić information content (AvgIpc) is 2.59. The van der Waals surface area contributed by atoms with Gasteiger partial charge in [0.2, 0.25) is 5.91 Å². The molecule has 0 radical (unpaired) electrons. The van der Waals surface area contributed by atoms with Crippen LogP contribution < -0.4 is 5.32 Å². The van der Waals surface area contributed by atoms with Crippen molar-refractivity contribution in [3.8, 4) is 0 Å². The van der Waals surface area contributed by atoms with Gasteiger partial charge in [-0.2, -0.15) is 0 Å². The monoisotopic (exact) mass is 341 g/mol. The van der Waals surface area contributed by atoms with E-state index >= 15 is 0 Å². The molecule has 0 bridgehead atoms. The topological polar surface area (TPSA) is 35.6 Å². The zero-order chi connectivity index (χ0) is 17.6. The molecule has 2 aromatic rings. The van der Waals surface area contributed by atoms with Gasteiger partial charge in [-0.3, -0.25) is 14.6 Å². The number of halogens is 1. The predicted molar refractivity (Wildman–Crippen MR) is 97.9 cm³/mol. The van der Waals surface area contributed by atoms with Crippen molar-refractivity contribution in [2.45, 2.75) is 13.5 Å². The Bertz CT molecular complexity index is 709. The van der Waals surface area contributed by atoms with Crippen molar-refractivity contribution in [1.29, 1.82) is 0 Å². The molecule has 1 aliphatic heterocycles. The van der Waals surface area contributed by atoms with Gasteiger partial charge in [-0.15, -0.1) is 0 Å². The third-order valence-corrected chi connectivity index (χ3v) is 4.47. The Morgan fingerprint density at radius 1 is 1.04 bits per heavy atom. The number of hydrogen-bond donors (Lipinski definition) is 1. The van der Waals surface area contributed by atoms with E-state index in [-0.39, 0.29) is 11.7 Å². The molecule has 3 rings (SSSR count). The summed E-state index contributed by atoms with van der Waals surface area (Å²) in [4.78, 5) is 16.7. The normalized spacial score (nSPS) is 15.9. The van der Waals surface area contributed by atoms with Gasteiger partial charge in [0.1, 0.15) is 5.82 Å². The minimum Gasteiger partial charge on any atom is -0.325 e. The maximum atomic E-state index is 13.2. The first-order valence-electron chi connectivity index (χ1n) is 8.64. The van der Waals surface area contributed by atoms with E-state index in [9.17, 15) is 9.18 Å². The number of rotatable bonds is 5. The maximum Gasteiger partial charge on any atom is 0.238 e. The van der Waals surface area contributed by atoms with Crippen LogP contribution in [0.4, 0.5) is 10.1 Å². The summed E-state index contributed by atoms with van der Waals surface area (Å²) in [5, 5.41) is 2.75. The molecular weight excluding hydrogens is 317 g/mol. The Kier molecular flexibility index (Phi) is 5.79. The number of carbonyl (C=O) groups is 1. The van der Waals surface area contributed by atoms with Crippen molar-refractivity contribution < 1.29 is 9.18 Å². The molecule has 0 spiro atoms. The molecule has 1 aliphatic rings. The van der Waals surface area contributed by atoms with Crippen LogP contribution in [0.25, 0.3) is 0 Å². The number of anilines is 1. The molecule has 132 valence electrons. The van der Waals surface area contributed by atoms with Gasteiger partial charge in [-0.1, -0.05) is 35.9 Å². The molecular formula is C20H24FN3O. The third kappa shape index (κ3) is 5.37. The lowest BCUT2D eigenvalue weighted by Gasteiger charge is -2.34. The van der Waals surface area contributed by atoms with Crippen molar-refractivity contribution in [3.05, 3.63) is 65.5 Å². The van der Waals surface area contributed by atoms with Gasteiger partial charge in [-0.05, 0) is 30.7 Å². The number of hydrogen-bond acceptors (Lipinski definition) is 3. The Balaban J connectivity index is 1.42. The smallest absolute Gasteiger partial charge is 0.238 e. The Hall–Kier alpha value is -2.24. The SMILES string of the molecule is Cc1ccc(CN2CCN(CC(=O)Nc3cccc(F)c3)CC2)cc1. The van der Waals surface area contributed by atoms with Crippen molar-refractivity contribution in [2.24, 2.45) is 0 Å². The van der Waals surface area contributed by atoms with Crippen molar-refractivity contribution in [2.75, 3.05) is 38.0 Å². The van der Waals surface area contributed by atoms with Crippen LogP contribution >= 0.6 is 0 Å². The number of carbonyl (C=O) groups excluding carboxylic acids is 1. The number of aryl methyl sites for hydroxylation is 1. The molecule has 1 fully saturated rings. The first-order valence-corrected chi connectivity index (χ1v) is 8.64. The van der Waals surface area contributed by atoms with Crippen LogP contribution in [0.3, 0.4) is 0 Å². The Labute approximate surface area is 148 Å². The fourth-order valence-corrected chi connectivity index (χ4v) is 3.03. The second-order valence-corrected chi connectivity index (χ2v) is 6.60. The van der Waals surface area contributed by atoms with Crippen LogP contribution in [0.1, 0.15) is 11.1 Å². The predicted octanol–water partition coefficient (Wildman–Crippen LogP) is 2.89. The van der Waals surface area contributed by atoms with Gasteiger partial charge < -0.3 is 5.32 Å². The first-order chi connectivity index (χ1) is 12.1. The molecule has 5 heteroatoms. The molecule has 1 saturated heterocycles. The third-order valence-electron chi connectivity index (χ3n) is 4.47. The molecule has 0 atom stereocenters. The zero-order valence-corrected chi connectivity index (χ0v) is 14.5. The largest absolute Gasteiger partial charge is 0.325 e. The number of benzene rings is 2. The first kappa shape index (κ1) is 17.6. The summed E-state index contributed by atoms with van der Waals surface area (Å²) in [6.45, 7) is 7.00. The van der Waals surface area contributed by atoms with Crippen LogP contribution in [0, 0.1) is 12.7 Å². The molecule has 0 aliphatic carbocycles. The van der Waals surface area contributed by atoms with Crippen LogP contribution in [0.5, 0.6) is 0 Å². The maximum absolute atomic E-state index is 13.2. The van der Waals surface area contributed by atoms with Gasteiger partial charge in [0.05, 0.1) is 6.54 Å². The van der Waals surface area contributed by atoms with E-state index in [1.165, 1.54) is 23.3 Å². The van der Waals surface area contributed by atoms with Crippen LogP contribution in [0.2, 0.25) is 0 Å². The lowest BCUT2D eigenvalue weighted by molar-refractivity contribution is -0.117. The molecule has 0 saturated carbocycles. The zero-order valence-electron chi connectivity index (χ0n) is 14.5. The summed E-state index contributed by atoms with van der Waals surface area (Å²) in [5.74, 6) is -0.444. The van der Waals surface area contributed by atoms with Crippen LogP contribution in [0.15, 0.2) is 48.5 Å². The summed E-state index contributed by atoms with van der Waals surface area (Å²) in [6.07, 6.45) is 0. The Morgan fingerprint density at radius 2 is 1.72 bits per heavy atom. The lowest BCUT2D eigenvalue weighted by Crippen LogP contribution is -2.48. The van der Waals surface area contributed by atoms with Gasteiger partial charge in [0.15, 0.2) is 0 Å².